The van der Waals surface area contributed by atoms with Crippen LogP contribution in [-0.2, 0) is 10.0 Å². The Morgan fingerprint density at radius 2 is 2.05 bits per heavy atom. The molecule has 3 N–H and O–H groups in total. The van der Waals surface area contributed by atoms with Gasteiger partial charge in [0.05, 0.1) is 5.69 Å². The lowest BCUT2D eigenvalue weighted by atomic mass is 10.0. The van der Waals surface area contributed by atoms with Crippen molar-refractivity contribution in [3.8, 4) is 0 Å². The van der Waals surface area contributed by atoms with E-state index >= 15 is 0 Å². The average Bonchev–Trinajstić information content (AvgIpc) is 2.70. The summed E-state index contributed by atoms with van der Waals surface area (Å²) >= 11 is 0. The second kappa shape index (κ2) is 5.70. The summed E-state index contributed by atoms with van der Waals surface area (Å²) in [6.45, 7) is 7.11. The van der Waals surface area contributed by atoms with Crippen molar-refractivity contribution in [1.82, 2.24) is 14.9 Å². The van der Waals surface area contributed by atoms with Gasteiger partial charge in [-0.05, 0) is 19.8 Å². The molecule has 1 aromatic rings. The highest BCUT2D eigenvalue weighted by molar-refractivity contribution is 7.89. The Morgan fingerprint density at radius 1 is 1.47 bits per heavy atom. The molecule has 0 bridgehead atoms. The average molecular weight is 289 g/mol. The third-order valence-electron chi connectivity index (χ3n) is 3.20. The Labute approximate surface area is 112 Å². The summed E-state index contributed by atoms with van der Waals surface area (Å²) in [4.78, 5) is 10.7. The molecule has 7 nitrogen and oxygen atoms in total. The molecule has 0 aliphatic carbocycles. The van der Waals surface area contributed by atoms with Gasteiger partial charge in [0, 0.05) is 6.04 Å². The molecule has 108 valence electrons. The Balaban J connectivity index is 3.14. The van der Waals surface area contributed by atoms with Crippen LogP contribution in [0, 0.1) is 12.8 Å². The van der Waals surface area contributed by atoms with Crippen molar-refractivity contribution in [3.05, 3.63) is 11.4 Å². The number of carboxylic acid groups (broad SMARTS) is 1. The number of sulfonamides is 1. The van der Waals surface area contributed by atoms with Crippen molar-refractivity contribution in [2.75, 3.05) is 0 Å². The summed E-state index contributed by atoms with van der Waals surface area (Å²) in [6.07, 6.45) is 0.819. The molecule has 0 aliphatic heterocycles. The van der Waals surface area contributed by atoms with E-state index in [9.17, 15) is 13.2 Å². The van der Waals surface area contributed by atoms with Gasteiger partial charge in [-0.15, -0.1) is 0 Å². The minimum absolute atomic E-state index is 0.148. The predicted molar refractivity (Wildman–Crippen MR) is 69.5 cm³/mol. The number of aromatic nitrogens is 2. The molecule has 19 heavy (non-hydrogen) atoms. The van der Waals surface area contributed by atoms with Gasteiger partial charge in [-0.25, -0.2) is 17.9 Å². The van der Waals surface area contributed by atoms with Crippen LogP contribution in [0.3, 0.4) is 0 Å². The summed E-state index contributed by atoms with van der Waals surface area (Å²) in [5.41, 5.74) is -0.275. The number of hydrogen-bond acceptors (Lipinski definition) is 4. The van der Waals surface area contributed by atoms with Gasteiger partial charge < -0.3 is 5.11 Å². The lowest BCUT2D eigenvalue weighted by molar-refractivity contribution is 0.0686. The van der Waals surface area contributed by atoms with Gasteiger partial charge in [0.25, 0.3) is 0 Å². The normalized spacial score (nSPS) is 15.2. The molecule has 1 rings (SSSR count). The summed E-state index contributed by atoms with van der Waals surface area (Å²) in [7, 11) is -3.90. The van der Waals surface area contributed by atoms with Crippen LogP contribution in [-0.4, -0.2) is 35.7 Å². The first-order chi connectivity index (χ1) is 8.70. The van der Waals surface area contributed by atoms with Crippen LogP contribution in [0.25, 0.3) is 0 Å². The molecule has 0 saturated heterocycles. The highest BCUT2D eigenvalue weighted by Gasteiger charge is 2.30. The van der Waals surface area contributed by atoms with Crippen LogP contribution < -0.4 is 4.72 Å². The molecule has 2 unspecified atom stereocenters. The molecule has 1 aromatic heterocycles. The predicted octanol–water partition coefficient (Wildman–Crippen LogP) is 1.13. The van der Waals surface area contributed by atoms with E-state index in [4.69, 9.17) is 5.11 Å². The second-order valence-corrected chi connectivity index (χ2v) is 6.28. The number of hydrogen-bond donors (Lipinski definition) is 3. The van der Waals surface area contributed by atoms with Gasteiger partial charge in [-0.2, -0.15) is 5.10 Å². The maximum absolute atomic E-state index is 12.2. The minimum Gasteiger partial charge on any atom is -0.476 e. The van der Waals surface area contributed by atoms with E-state index in [1.165, 1.54) is 6.92 Å². The molecular weight excluding hydrogens is 270 g/mol. The fourth-order valence-electron chi connectivity index (χ4n) is 1.67. The second-order valence-electron chi connectivity index (χ2n) is 4.63. The van der Waals surface area contributed by atoms with Crippen molar-refractivity contribution in [1.29, 1.82) is 0 Å². The number of aromatic amines is 1. The molecule has 0 fully saturated rings. The number of aromatic carboxylic acids is 1. The highest BCUT2D eigenvalue weighted by Crippen LogP contribution is 2.19. The van der Waals surface area contributed by atoms with Crippen LogP contribution >= 0.6 is 0 Å². The number of H-pyrrole nitrogens is 1. The summed E-state index contributed by atoms with van der Waals surface area (Å²) in [5, 5.41) is 14.9. The maximum atomic E-state index is 12.2. The molecular formula is C11H19N3O4S. The van der Waals surface area contributed by atoms with E-state index in [1.54, 1.807) is 6.92 Å². The first-order valence-corrected chi connectivity index (χ1v) is 7.49. The van der Waals surface area contributed by atoms with Gasteiger partial charge in [0.1, 0.15) is 4.90 Å². The zero-order valence-electron chi connectivity index (χ0n) is 11.4. The number of nitrogens with one attached hydrogen (secondary N) is 2. The molecule has 0 radical (unpaired) electrons. The topological polar surface area (TPSA) is 112 Å². The van der Waals surface area contributed by atoms with Gasteiger partial charge in [-0.3, -0.25) is 5.10 Å². The minimum atomic E-state index is -3.90. The van der Waals surface area contributed by atoms with Crippen LogP contribution in [0.4, 0.5) is 0 Å². The fourth-order valence-corrected chi connectivity index (χ4v) is 3.34. The van der Waals surface area contributed by atoms with E-state index in [2.05, 4.69) is 14.9 Å². The standard InChI is InChI=1S/C11H19N3O4S/c1-5-6(2)7(3)14-19(17,18)10-8(4)12-13-9(10)11(15)16/h6-7,14H,5H2,1-4H3,(H,12,13)(H,15,16). The van der Waals surface area contributed by atoms with E-state index in [1.807, 2.05) is 13.8 Å². The molecule has 0 spiro atoms. The lowest BCUT2D eigenvalue weighted by Gasteiger charge is -2.19. The molecule has 8 heteroatoms. The van der Waals surface area contributed by atoms with Crippen LogP contribution in [0.5, 0.6) is 0 Å². The van der Waals surface area contributed by atoms with Crippen molar-refractivity contribution >= 4 is 16.0 Å². The van der Waals surface area contributed by atoms with Gasteiger partial charge in [-0.1, -0.05) is 20.3 Å². The van der Waals surface area contributed by atoms with E-state index in [0.29, 0.717) is 0 Å². The summed E-state index contributed by atoms with van der Waals surface area (Å²) in [5.74, 6) is -1.23. The van der Waals surface area contributed by atoms with Crippen molar-refractivity contribution in [3.63, 3.8) is 0 Å². The maximum Gasteiger partial charge on any atom is 0.357 e. The molecule has 0 saturated carbocycles. The molecule has 2 atom stereocenters. The number of carboxylic acids is 1. The van der Waals surface area contributed by atoms with Gasteiger partial charge in [0.2, 0.25) is 10.0 Å². The zero-order valence-corrected chi connectivity index (χ0v) is 12.2. The fraction of sp³-hybridized carbons (Fsp3) is 0.636. The van der Waals surface area contributed by atoms with Crippen LogP contribution in [0.2, 0.25) is 0 Å². The molecule has 1 heterocycles. The highest BCUT2D eigenvalue weighted by atomic mass is 32.2. The number of aryl methyl sites for hydroxylation is 1. The Kier molecular flexibility index (Phi) is 4.70. The van der Waals surface area contributed by atoms with Crippen LogP contribution in [0.1, 0.15) is 43.4 Å². The van der Waals surface area contributed by atoms with Crippen molar-refractivity contribution in [2.24, 2.45) is 5.92 Å². The zero-order chi connectivity index (χ0) is 14.8. The Morgan fingerprint density at radius 3 is 2.53 bits per heavy atom. The van der Waals surface area contributed by atoms with Gasteiger partial charge >= 0.3 is 5.97 Å². The first-order valence-electron chi connectivity index (χ1n) is 6.01. The quantitative estimate of drug-likeness (QED) is 0.726. The van der Waals surface area contributed by atoms with E-state index in [0.717, 1.165) is 6.42 Å². The number of carbonyl (C=O) groups is 1. The SMILES string of the molecule is CCC(C)C(C)NS(=O)(=O)c1c(C(=O)O)n[nH]c1C. The lowest BCUT2D eigenvalue weighted by Crippen LogP contribution is -2.37. The number of nitrogens with zero attached hydrogens (tertiary/aromatic N) is 1. The monoisotopic (exact) mass is 289 g/mol. The largest absolute Gasteiger partial charge is 0.476 e. The third kappa shape index (κ3) is 3.32. The molecule has 0 amide bonds. The van der Waals surface area contributed by atoms with E-state index < -0.39 is 21.7 Å². The first kappa shape index (κ1) is 15.6. The summed E-state index contributed by atoms with van der Waals surface area (Å²) < 4.78 is 27.0. The summed E-state index contributed by atoms with van der Waals surface area (Å²) in [6, 6.07) is -0.286. The third-order valence-corrected chi connectivity index (χ3v) is 4.92. The van der Waals surface area contributed by atoms with E-state index in [-0.39, 0.29) is 22.5 Å². The Hall–Kier alpha value is -1.41. The Bertz CT molecular complexity index is 564. The van der Waals surface area contributed by atoms with Crippen LogP contribution in [0.15, 0.2) is 4.90 Å². The molecule has 0 aliphatic rings. The smallest absolute Gasteiger partial charge is 0.357 e. The van der Waals surface area contributed by atoms with Crippen molar-refractivity contribution < 1.29 is 18.3 Å². The van der Waals surface area contributed by atoms with Crippen molar-refractivity contribution in [2.45, 2.75) is 45.1 Å². The molecule has 0 aromatic carbocycles. The van der Waals surface area contributed by atoms with Gasteiger partial charge in [0.15, 0.2) is 5.69 Å². The number of rotatable bonds is 6.